The molecular weight excluding hydrogens is 199 g/mol. The Labute approximate surface area is 76.0 Å². The van der Waals surface area contributed by atoms with Crippen LogP contribution in [0.4, 0.5) is 0 Å². The molecule has 0 heterocycles. The molecule has 0 bridgehead atoms. The zero-order valence-corrected chi connectivity index (χ0v) is 8.11. The molecule has 1 N–H and O–H groups in total. The van der Waals surface area contributed by atoms with Crippen LogP contribution in [0.15, 0.2) is 12.2 Å². The Morgan fingerprint density at radius 2 is 2.15 bits per heavy atom. The zero-order valence-electron chi connectivity index (χ0n) is 7.11. The largest absolute Gasteiger partial charge is 0.460 e. The number of hydrogen-bond donors (Lipinski definition) is 1. The molecule has 0 fully saturated rings. The predicted octanol–water partition coefficient (Wildman–Crippen LogP) is 0.436. The molecule has 1 atom stereocenters. The lowest BCUT2D eigenvalue weighted by Crippen LogP contribution is -2.10. The highest BCUT2D eigenvalue weighted by molar-refractivity contribution is 7.31. The van der Waals surface area contributed by atoms with Gasteiger partial charge in [-0.3, -0.25) is 4.57 Å². The second kappa shape index (κ2) is 6.80. The molecule has 0 radical (unpaired) electrons. The number of carbonyl (C=O) groups is 1. The van der Waals surface area contributed by atoms with Crippen LogP contribution in [0.2, 0.25) is 0 Å². The summed E-state index contributed by atoms with van der Waals surface area (Å²) in [4.78, 5) is 23.0. The lowest BCUT2D eigenvalue weighted by molar-refractivity contribution is -0.215. The van der Waals surface area contributed by atoms with Gasteiger partial charge in [0.05, 0.1) is 0 Å². The molecule has 0 aromatic carbocycles. The van der Waals surface area contributed by atoms with Gasteiger partial charge in [0, 0.05) is 5.57 Å². The van der Waals surface area contributed by atoms with Gasteiger partial charge in [-0.15, -0.1) is 0 Å². The first kappa shape index (κ1) is 12.3. The number of ether oxygens (including phenoxy) is 1. The molecular formula is C6H11O6P. The average molecular weight is 210 g/mol. The lowest BCUT2D eigenvalue weighted by Gasteiger charge is -2.03. The number of hydrogen-bond acceptors (Lipinski definition) is 5. The molecule has 0 saturated heterocycles. The molecule has 0 aliphatic carbocycles. The van der Waals surface area contributed by atoms with Crippen molar-refractivity contribution < 1.29 is 28.6 Å². The third-order valence-electron chi connectivity index (χ3n) is 0.878. The van der Waals surface area contributed by atoms with Crippen molar-refractivity contribution >= 4 is 14.2 Å². The Morgan fingerprint density at radius 1 is 1.54 bits per heavy atom. The van der Waals surface area contributed by atoms with Gasteiger partial charge in [0.25, 0.3) is 0 Å². The van der Waals surface area contributed by atoms with Gasteiger partial charge in [-0.05, 0) is 6.92 Å². The molecule has 0 spiro atoms. The molecule has 1 unspecified atom stereocenters. The number of rotatable bonds is 6. The van der Waals surface area contributed by atoms with Crippen molar-refractivity contribution in [3.63, 3.8) is 0 Å². The topological polar surface area (TPSA) is 82.1 Å². The van der Waals surface area contributed by atoms with E-state index in [2.05, 4.69) is 20.9 Å². The molecule has 76 valence electrons. The van der Waals surface area contributed by atoms with Gasteiger partial charge >= 0.3 is 14.2 Å². The second-order valence-electron chi connectivity index (χ2n) is 2.09. The van der Waals surface area contributed by atoms with E-state index in [1.54, 1.807) is 0 Å². The Kier molecular flexibility index (Phi) is 6.44. The fourth-order valence-electron chi connectivity index (χ4n) is 0.384. The van der Waals surface area contributed by atoms with E-state index in [1.165, 1.54) is 6.92 Å². The summed E-state index contributed by atoms with van der Waals surface area (Å²) in [6, 6.07) is 0. The Hall–Kier alpha value is -0.680. The summed E-state index contributed by atoms with van der Waals surface area (Å²) in [6.07, 6.45) is 0. The van der Waals surface area contributed by atoms with E-state index in [9.17, 15) is 9.36 Å². The van der Waals surface area contributed by atoms with Crippen LogP contribution >= 0.6 is 8.25 Å². The van der Waals surface area contributed by atoms with Crippen LogP contribution in [0.3, 0.4) is 0 Å². The summed E-state index contributed by atoms with van der Waals surface area (Å²) in [5.41, 5.74) is 0.275. The van der Waals surface area contributed by atoms with Crippen LogP contribution in [0, 0.1) is 0 Å². The van der Waals surface area contributed by atoms with Crippen molar-refractivity contribution in [3.05, 3.63) is 12.2 Å². The maximum atomic E-state index is 10.7. The first-order valence-electron chi connectivity index (χ1n) is 3.39. The van der Waals surface area contributed by atoms with Crippen LogP contribution in [0.5, 0.6) is 0 Å². The third-order valence-corrected chi connectivity index (χ3v) is 1.14. The Balaban J connectivity index is 3.31. The first-order chi connectivity index (χ1) is 6.04. The minimum Gasteiger partial charge on any atom is -0.460 e. The van der Waals surface area contributed by atoms with Gasteiger partial charge in [0.1, 0.15) is 13.2 Å². The number of carbonyl (C=O) groups excluding carboxylic acids is 1. The fourth-order valence-corrected chi connectivity index (χ4v) is 0.568. The molecule has 7 heteroatoms. The molecule has 0 amide bonds. The van der Waals surface area contributed by atoms with Gasteiger partial charge in [-0.2, -0.15) is 4.67 Å². The predicted molar refractivity (Wildman–Crippen MR) is 44.0 cm³/mol. The zero-order chi connectivity index (χ0) is 10.3. The van der Waals surface area contributed by atoms with Gasteiger partial charge in [-0.25, -0.2) is 9.68 Å². The van der Waals surface area contributed by atoms with E-state index in [-0.39, 0.29) is 18.8 Å². The monoisotopic (exact) mass is 210 g/mol. The minimum atomic E-state index is -3.08. The van der Waals surface area contributed by atoms with Crippen LogP contribution in [-0.2, 0) is 23.7 Å². The van der Waals surface area contributed by atoms with Gasteiger partial charge in [0.2, 0.25) is 0 Å². The maximum absolute atomic E-state index is 10.7. The van der Waals surface area contributed by atoms with Gasteiger partial charge in [0.15, 0.2) is 0 Å². The Morgan fingerprint density at radius 3 is 2.62 bits per heavy atom. The van der Waals surface area contributed by atoms with Crippen molar-refractivity contribution in [2.24, 2.45) is 0 Å². The maximum Gasteiger partial charge on any atom is 0.344 e. The molecule has 13 heavy (non-hydrogen) atoms. The molecule has 0 rings (SSSR count). The van der Waals surface area contributed by atoms with Crippen molar-refractivity contribution in [1.82, 2.24) is 0 Å². The van der Waals surface area contributed by atoms with E-state index in [4.69, 9.17) is 4.89 Å². The summed E-state index contributed by atoms with van der Waals surface area (Å²) in [5.74, 6) is -0.541. The highest BCUT2D eigenvalue weighted by Gasteiger charge is 2.02. The second-order valence-corrected chi connectivity index (χ2v) is 2.79. The van der Waals surface area contributed by atoms with E-state index in [0.717, 1.165) is 0 Å². The first-order valence-corrected chi connectivity index (χ1v) is 4.65. The SMILES string of the molecule is C=C(C)C(=O)OCCOO[PH](=O)O. The van der Waals surface area contributed by atoms with E-state index < -0.39 is 14.2 Å². The van der Waals surface area contributed by atoms with E-state index in [1.807, 2.05) is 0 Å². The van der Waals surface area contributed by atoms with Crippen molar-refractivity contribution in [3.8, 4) is 0 Å². The van der Waals surface area contributed by atoms with Gasteiger partial charge < -0.3 is 9.63 Å². The van der Waals surface area contributed by atoms with Crippen LogP contribution < -0.4 is 0 Å². The molecule has 0 aliphatic rings. The summed E-state index contributed by atoms with van der Waals surface area (Å²) >= 11 is 0. The lowest BCUT2D eigenvalue weighted by atomic mass is 10.4. The fraction of sp³-hybridized carbons (Fsp3) is 0.500. The molecule has 0 saturated carbocycles. The van der Waals surface area contributed by atoms with E-state index >= 15 is 0 Å². The molecule has 6 nitrogen and oxygen atoms in total. The standard InChI is InChI=1S/C6H11O6P/c1-5(2)6(7)10-3-4-11-12-13(8)9/h13H,1,3-4H2,2H3,(H,8,9). The highest BCUT2D eigenvalue weighted by atomic mass is 31.1. The van der Waals surface area contributed by atoms with Crippen molar-refractivity contribution in [1.29, 1.82) is 0 Å². The summed E-state index contributed by atoms with van der Waals surface area (Å²) in [6.45, 7) is 4.70. The van der Waals surface area contributed by atoms with Crippen LogP contribution in [-0.4, -0.2) is 24.1 Å². The average Bonchev–Trinajstić information content (AvgIpc) is 2.02. The van der Waals surface area contributed by atoms with Crippen molar-refractivity contribution in [2.75, 3.05) is 13.2 Å². The summed E-state index contributed by atoms with van der Waals surface area (Å²) in [5, 5.41) is 0. The van der Waals surface area contributed by atoms with E-state index in [0.29, 0.717) is 0 Å². The minimum absolute atomic E-state index is 0.0547. The molecule has 0 aliphatic heterocycles. The van der Waals surface area contributed by atoms with Crippen LogP contribution in [0.1, 0.15) is 6.92 Å². The summed E-state index contributed by atoms with van der Waals surface area (Å²) < 4.78 is 18.4. The quantitative estimate of drug-likeness (QED) is 0.171. The molecule has 0 aromatic rings. The van der Waals surface area contributed by atoms with Crippen LogP contribution in [0.25, 0.3) is 0 Å². The molecule has 0 aromatic heterocycles. The smallest absolute Gasteiger partial charge is 0.344 e. The van der Waals surface area contributed by atoms with Crippen molar-refractivity contribution in [2.45, 2.75) is 6.92 Å². The number of esters is 1. The normalized spacial score (nSPS) is 12.2. The summed E-state index contributed by atoms with van der Waals surface area (Å²) in [7, 11) is -3.08. The van der Waals surface area contributed by atoms with Gasteiger partial charge in [-0.1, -0.05) is 6.58 Å². The highest BCUT2D eigenvalue weighted by Crippen LogP contribution is 2.13. The third kappa shape index (κ3) is 7.67. The Bertz CT molecular complexity index is 213.